The average molecular weight is 273 g/mol. The maximum Gasteiger partial charge on any atom is 0.151 e. The van der Waals surface area contributed by atoms with Crippen LogP contribution >= 0.6 is 11.3 Å². The molecule has 0 spiro atoms. The number of aryl methyl sites for hydroxylation is 2. The first kappa shape index (κ1) is 12.0. The number of hydrogen-bond acceptors (Lipinski definition) is 4. The van der Waals surface area contributed by atoms with Gasteiger partial charge in [0.25, 0.3) is 0 Å². The van der Waals surface area contributed by atoms with Gasteiger partial charge in [-0.2, -0.15) is 0 Å². The van der Waals surface area contributed by atoms with Crippen LogP contribution in [0.1, 0.15) is 5.56 Å². The van der Waals surface area contributed by atoms with Crippen molar-refractivity contribution in [2.45, 2.75) is 6.92 Å². The number of thiophene rings is 1. The molecule has 0 radical (unpaired) electrons. The number of rotatable bonds is 2. The van der Waals surface area contributed by atoms with Crippen molar-refractivity contribution in [2.75, 3.05) is 12.8 Å². The Morgan fingerprint density at radius 2 is 2.11 bits per heavy atom. The van der Waals surface area contributed by atoms with Crippen molar-refractivity contribution in [1.82, 2.24) is 9.55 Å². The maximum atomic E-state index is 5.87. The van der Waals surface area contributed by atoms with Gasteiger partial charge in [0.2, 0.25) is 0 Å². The summed E-state index contributed by atoms with van der Waals surface area (Å²) in [5.74, 6) is 1.77. The summed E-state index contributed by atoms with van der Waals surface area (Å²) in [5, 5.41) is 0.817. The Morgan fingerprint density at radius 3 is 2.74 bits per heavy atom. The number of ether oxygens (including phenoxy) is 1. The van der Waals surface area contributed by atoms with Gasteiger partial charge in [0.15, 0.2) is 5.82 Å². The lowest BCUT2D eigenvalue weighted by atomic mass is 10.3. The Bertz CT molecular complexity index is 757. The molecular weight excluding hydrogens is 258 g/mol. The molecule has 5 heteroatoms. The smallest absolute Gasteiger partial charge is 0.151 e. The number of benzene rings is 1. The number of nitrogens with two attached hydrogens (primary N) is 1. The van der Waals surface area contributed by atoms with Gasteiger partial charge in [0.1, 0.15) is 5.75 Å². The van der Waals surface area contributed by atoms with Crippen LogP contribution in [0.15, 0.2) is 24.3 Å². The molecule has 0 aliphatic rings. The van der Waals surface area contributed by atoms with Crippen LogP contribution in [-0.2, 0) is 7.05 Å². The zero-order valence-electron chi connectivity index (χ0n) is 11.1. The zero-order chi connectivity index (χ0) is 13.6. The van der Waals surface area contributed by atoms with Gasteiger partial charge in [-0.1, -0.05) is 0 Å². The van der Waals surface area contributed by atoms with E-state index in [-0.39, 0.29) is 0 Å². The quantitative estimate of drug-likeness (QED) is 0.780. The molecule has 3 rings (SSSR count). The SMILES string of the molecule is COc1ccc2c(c1)nc(-c1sc(N)cc1C)n2C. The third-order valence-corrected chi connectivity index (χ3v) is 4.29. The molecule has 0 fully saturated rings. The summed E-state index contributed by atoms with van der Waals surface area (Å²) < 4.78 is 7.33. The molecule has 0 aliphatic heterocycles. The van der Waals surface area contributed by atoms with Crippen LogP contribution in [0.5, 0.6) is 5.75 Å². The summed E-state index contributed by atoms with van der Waals surface area (Å²) in [6.07, 6.45) is 0. The number of methoxy groups -OCH3 is 1. The van der Waals surface area contributed by atoms with E-state index in [2.05, 4.69) is 11.5 Å². The molecule has 0 saturated heterocycles. The van der Waals surface area contributed by atoms with Gasteiger partial charge in [-0.15, -0.1) is 11.3 Å². The van der Waals surface area contributed by atoms with Gasteiger partial charge in [-0.05, 0) is 30.7 Å². The lowest BCUT2D eigenvalue weighted by Gasteiger charge is -2.01. The van der Waals surface area contributed by atoms with Gasteiger partial charge < -0.3 is 15.0 Å². The van der Waals surface area contributed by atoms with Crippen molar-refractivity contribution < 1.29 is 4.74 Å². The monoisotopic (exact) mass is 273 g/mol. The van der Waals surface area contributed by atoms with Crippen LogP contribution < -0.4 is 10.5 Å². The number of nitrogen functional groups attached to an aromatic ring is 1. The predicted octanol–water partition coefficient (Wildman–Crippen LogP) is 3.20. The molecule has 0 unspecified atom stereocenters. The summed E-state index contributed by atoms with van der Waals surface area (Å²) in [6, 6.07) is 7.91. The fraction of sp³-hybridized carbons (Fsp3) is 0.214. The molecular formula is C14H15N3OS. The van der Waals surface area contributed by atoms with Gasteiger partial charge in [0.05, 0.1) is 28.0 Å². The summed E-state index contributed by atoms with van der Waals surface area (Å²) in [7, 11) is 3.68. The Labute approximate surface area is 115 Å². The second-order valence-corrected chi connectivity index (χ2v) is 5.59. The van der Waals surface area contributed by atoms with Gasteiger partial charge >= 0.3 is 0 Å². The molecule has 0 aliphatic carbocycles. The normalized spacial score (nSPS) is 11.1. The van der Waals surface area contributed by atoms with Crippen LogP contribution in [-0.4, -0.2) is 16.7 Å². The van der Waals surface area contributed by atoms with E-state index >= 15 is 0 Å². The Morgan fingerprint density at radius 1 is 1.32 bits per heavy atom. The molecule has 0 bridgehead atoms. The van der Waals surface area contributed by atoms with Gasteiger partial charge in [-0.25, -0.2) is 4.98 Å². The van der Waals surface area contributed by atoms with Crippen LogP contribution in [0.25, 0.3) is 21.7 Å². The minimum absolute atomic E-state index is 0.817. The number of aromatic nitrogens is 2. The summed E-state index contributed by atoms with van der Waals surface area (Å²) in [5.41, 5.74) is 9.05. The zero-order valence-corrected chi connectivity index (χ0v) is 11.9. The van der Waals surface area contributed by atoms with E-state index in [1.165, 1.54) is 0 Å². The van der Waals surface area contributed by atoms with E-state index in [1.54, 1.807) is 18.4 Å². The fourth-order valence-electron chi connectivity index (χ4n) is 2.24. The summed E-state index contributed by atoms with van der Waals surface area (Å²) >= 11 is 1.57. The van der Waals surface area contributed by atoms with E-state index in [0.29, 0.717) is 0 Å². The number of imidazole rings is 1. The molecule has 98 valence electrons. The first-order valence-corrected chi connectivity index (χ1v) is 6.78. The minimum Gasteiger partial charge on any atom is -0.497 e. The number of nitrogens with zero attached hydrogens (tertiary/aromatic N) is 2. The van der Waals surface area contributed by atoms with Crippen molar-refractivity contribution in [2.24, 2.45) is 7.05 Å². The number of fused-ring (bicyclic) bond motifs is 1. The second kappa shape index (κ2) is 4.28. The minimum atomic E-state index is 0.817. The second-order valence-electron chi connectivity index (χ2n) is 4.51. The first-order chi connectivity index (χ1) is 9.10. The molecule has 0 saturated carbocycles. The molecule has 19 heavy (non-hydrogen) atoms. The first-order valence-electron chi connectivity index (χ1n) is 5.97. The van der Waals surface area contributed by atoms with E-state index in [4.69, 9.17) is 15.5 Å². The third-order valence-electron chi connectivity index (χ3n) is 3.23. The highest BCUT2D eigenvalue weighted by atomic mass is 32.1. The Balaban J connectivity index is 2.24. The van der Waals surface area contributed by atoms with Gasteiger partial charge in [-0.3, -0.25) is 0 Å². The Hall–Kier alpha value is -2.01. The van der Waals surface area contributed by atoms with E-state index in [9.17, 15) is 0 Å². The van der Waals surface area contributed by atoms with Crippen LogP contribution in [0.4, 0.5) is 5.00 Å². The van der Waals surface area contributed by atoms with Gasteiger partial charge in [0, 0.05) is 13.1 Å². The topological polar surface area (TPSA) is 53.1 Å². The summed E-state index contributed by atoms with van der Waals surface area (Å²) in [4.78, 5) is 5.82. The maximum absolute atomic E-state index is 5.87. The molecule has 3 aromatic rings. The van der Waals surface area contributed by atoms with Crippen molar-refractivity contribution in [1.29, 1.82) is 0 Å². The summed E-state index contributed by atoms with van der Waals surface area (Å²) in [6.45, 7) is 2.06. The fourth-order valence-corrected chi connectivity index (χ4v) is 3.20. The van der Waals surface area contributed by atoms with Crippen molar-refractivity contribution >= 4 is 27.4 Å². The lowest BCUT2D eigenvalue weighted by Crippen LogP contribution is -1.91. The molecule has 0 amide bonds. The molecule has 0 atom stereocenters. The van der Waals surface area contributed by atoms with Crippen LogP contribution in [0.2, 0.25) is 0 Å². The molecule has 1 aromatic carbocycles. The largest absolute Gasteiger partial charge is 0.497 e. The van der Waals surface area contributed by atoms with E-state index < -0.39 is 0 Å². The highest BCUT2D eigenvalue weighted by Crippen LogP contribution is 2.35. The number of anilines is 1. The lowest BCUT2D eigenvalue weighted by molar-refractivity contribution is 0.415. The predicted molar refractivity (Wildman–Crippen MR) is 79.7 cm³/mol. The van der Waals surface area contributed by atoms with Crippen molar-refractivity contribution in [3.8, 4) is 16.5 Å². The number of hydrogen-bond donors (Lipinski definition) is 1. The van der Waals surface area contributed by atoms with E-state index in [1.807, 2.05) is 31.3 Å². The molecule has 2 aromatic heterocycles. The molecule has 2 N–H and O–H groups in total. The third kappa shape index (κ3) is 1.86. The highest BCUT2D eigenvalue weighted by Gasteiger charge is 2.14. The van der Waals surface area contributed by atoms with Crippen molar-refractivity contribution in [3.63, 3.8) is 0 Å². The Kier molecular flexibility index (Phi) is 2.71. The average Bonchev–Trinajstić information content (AvgIpc) is 2.89. The van der Waals surface area contributed by atoms with Crippen LogP contribution in [0, 0.1) is 6.92 Å². The van der Waals surface area contributed by atoms with Crippen LogP contribution in [0.3, 0.4) is 0 Å². The van der Waals surface area contributed by atoms with E-state index in [0.717, 1.165) is 38.0 Å². The van der Waals surface area contributed by atoms with Crippen molar-refractivity contribution in [3.05, 3.63) is 29.8 Å². The molecule has 2 heterocycles. The standard InChI is InChI=1S/C14H15N3OS/c1-8-6-12(15)19-13(8)14-16-10-7-9(18-3)4-5-11(10)17(14)2/h4-7H,15H2,1-3H3. The molecule has 4 nitrogen and oxygen atoms in total. The highest BCUT2D eigenvalue weighted by molar-refractivity contribution is 7.19.